The summed E-state index contributed by atoms with van der Waals surface area (Å²) < 4.78 is 5.64. The lowest BCUT2D eigenvalue weighted by molar-refractivity contribution is -0.121. The number of nitrogens with zero attached hydrogens (tertiary/aromatic N) is 1. The van der Waals surface area contributed by atoms with Crippen LogP contribution in [0.1, 0.15) is 13.8 Å². The molecule has 0 bridgehead atoms. The average Bonchev–Trinajstić information content (AvgIpc) is 2.31. The van der Waals surface area contributed by atoms with Crippen LogP contribution in [0.4, 0.5) is 11.4 Å². The van der Waals surface area contributed by atoms with E-state index in [1.165, 1.54) is 0 Å². The molecule has 1 fully saturated rings. The molecule has 1 saturated heterocycles. The fourth-order valence-corrected chi connectivity index (χ4v) is 2.63. The number of nitrogens with two attached hydrogens (primary N) is 1. The highest BCUT2D eigenvalue weighted by Crippen LogP contribution is 2.22. The van der Waals surface area contributed by atoms with E-state index in [1.807, 2.05) is 13.8 Å². The second-order valence-corrected chi connectivity index (χ2v) is 5.67. The van der Waals surface area contributed by atoms with Crippen LogP contribution in [0.25, 0.3) is 0 Å². The average molecular weight is 298 g/mol. The summed E-state index contributed by atoms with van der Waals surface area (Å²) in [5.74, 6) is -0.0830. The predicted molar refractivity (Wildman–Crippen MR) is 80.9 cm³/mol. The summed E-state index contributed by atoms with van der Waals surface area (Å²) in [6.07, 6.45) is 0.291. The number of amides is 1. The molecule has 2 rings (SSSR count). The molecule has 0 radical (unpaired) electrons. The van der Waals surface area contributed by atoms with Crippen LogP contribution in [-0.2, 0) is 9.53 Å². The second-order valence-electron chi connectivity index (χ2n) is 5.23. The van der Waals surface area contributed by atoms with Crippen molar-refractivity contribution in [1.82, 2.24) is 4.90 Å². The molecule has 110 valence electrons. The standard InChI is InChI=1S/C14H20ClN3O2/c1-9-6-18(7-10(2)20-9)8-14(19)17-13-4-3-11(15)5-12(13)16/h3-5,9-10H,6-8,16H2,1-2H3,(H,17,19). The maximum atomic E-state index is 12.0. The minimum absolute atomic E-state index is 0.0830. The third kappa shape index (κ3) is 4.10. The summed E-state index contributed by atoms with van der Waals surface area (Å²) in [7, 11) is 0. The molecule has 20 heavy (non-hydrogen) atoms. The number of rotatable bonds is 3. The topological polar surface area (TPSA) is 67.6 Å². The van der Waals surface area contributed by atoms with Crippen molar-refractivity contribution in [2.75, 3.05) is 30.7 Å². The highest BCUT2D eigenvalue weighted by Gasteiger charge is 2.23. The number of ether oxygens (including phenoxy) is 1. The minimum Gasteiger partial charge on any atom is -0.397 e. The van der Waals surface area contributed by atoms with Crippen molar-refractivity contribution in [1.29, 1.82) is 0 Å². The maximum Gasteiger partial charge on any atom is 0.238 e. The molecule has 1 aromatic carbocycles. The SMILES string of the molecule is CC1CN(CC(=O)Nc2ccc(Cl)cc2N)CC(C)O1. The number of anilines is 2. The number of morpholine rings is 1. The number of nitrogens with one attached hydrogen (secondary N) is 1. The van der Waals surface area contributed by atoms with Crippen molar-refractivity contribution in [3.8, 4) is 0 Å². The zero-order chi connectivity index (χ0) is 14.7. The van der Waals surface area contributed by atoms with Gasteiger partial charge in [0, 0.05) is 18.1 Å². The largest absolute Gasteiger partial charge is 0.397 e. The van der Waals surface area contributed by atoms with Crippen molar-refractivity contribution in [2.45, 2.75) is 26.1 Å². The fourth-order valence-electron chi connectivity index (χ4n) is 2.45. The number of benzene rings is 1. The highest BCUT2D eigenvalue weighted by atomic mass is 35.5. The van der Waals surface area contributed by atoms with Gasteiger partial charge in [-0.3, -0.25) is 9.69 Å². The molecule has 1 heterocycles. The van der Waals surface area contributed by atoms with Crippen molar-refractivity contribution >= 4 is 28.9 Å². The lowest BCUT2D eigenvalue weighted by Crippen LogP contribution is -2.48. The van der Waals surface area contributed by atoms with Crippen molar-refractivity contribution in [2.24, 2.45) is 0 Å². The van der Waals surface area contributed by atoms with Crippen molar-refractivity contribution in [3.63, 3.8) is 0 Å². The first kappa shape index (κ1) is 15.1. The van der Waals surface area contributed by atoms with Gasteiger partial charge in [-0.2, -0.15) is 0 Å². The Morgan fingerprint density at radius 3 is 2.70 bits per heavy atom. The van der Waals surface area contributed by atoms with E-state index in [9.17, 15) is 4.79 Å². The monoisotopic (exact) mass is 297 g/mol. The second kappa shape index (κ2) is 6.43. The van der Waals surface area contributed by atoms with Crippen LogP contribution in [0.15, 0.2) is 18.2 Å². The van der Waals surface area contributed by atoms with Gasteiger partial charge in [0.05, 0.1) is 30.1 Å². The van der Waals surface area contributed by atoms with E-state index < -0.39 is 0 Å². The van der Waals surface area contributed by atoms with Crippen LogP contribution in [0.2, 0.25) is 5.02 Å². The molecular weight excluding hydrogens is 278 g/mol. The number of carbonyl (C=O) groups excluding carboxylic acids is 1. The molecule has 2 unspecified atom stereocenters. The first-order valence-electron chi connectivity index (χ1n) is 6.66. The molecule has 1 aliphatic heterocycles. The Labute approximate surface area is 124 Å². The van der Waals surface area contributed by atoms with E-state index in [0.29, 0.717) is 22.9 Å². The van der Waals surface area contributed by atoms with Gasteiger partial charge < -0.3 is 15.8 Å². The summed E-state index contributed by atoms with van der Waals surface area (Å²) in [6.45, 7) is 5.87. The van der Waals surface area contributed by atoms with Gasteiger partial charge in [0.2, 0.25) is 5.91 Å². The summed E-state index contributed by atoms with van der Waals surface area (Å²) in [4.78, 5) is 14.1. The van der Waals surface area contributed by atoms with Crippen molar-refractivity contribution in [3.05, 3.63) is 23.2 Å². The van der Waals surface area contributed by atoms with Gasteiger partial charge in [0.25, 0.3) is 0 Å². The Kier molecular flexibility index (Phi) is 4.86. The van der Waals surface area contributed by atoms with E-state index in [-0.39, 0.29) is 18.1 Å². The molecule has 1 aromatic rings. The Hall–Kier alpha value is -1.30. The first-order valence-corrected chi connectivity index (χ1v) is 7.04. The van der Waals surface area contributed by atoms with Crippen molar-refractivity contribution < 1.29 is 9.53 Å². The Morgan fingerprint density at radius 2 is 2.10 bits per heavy atom. The van der Waals surface area contributed by atoms with Crippen LogP contribution in [0.5, 0.6) is 0 Å². The molecule has 0 spiro atoms. The molecule has 5 nitrogen and oxygen atoms in total. The molecule has 0 saturated carbocycles. The normalized spacial score (nSPS) is 23.6. The highest BCUT2D eigenvalue weighted by molar-refractivity contribution is 6.31. The van der Waals surface area contributed by atoms with Gasteiger partial charge in [-0.05, 0) is 32.0 Å². The summed E-state index contributed by atoms with van der Waals surface area (Å²) in [5.41, 5.74) is 6.87. The number of nitrogen functional groups attached to an aromatic ring is 1. The lowest BCUT2D eigenvalue weighted by Gasteiger charge is -2.34. The van der Waals surface area contributed by atoms with Crippen LogP contribution >= 0.6 is 11.6 Å². The molecule has 6 heteroatoms. The fraction of sp³-hybridized carbons (Fsp3) is 0.500. The molecular formula is C14H20ClN3O2. The number of hydrogen-bond donors (Lipinski definition) is 2. The summed E-state index contributed by atoms with van der Waals surface area (Å²) in [6, 6.07) is 5.03. The third-order valence-corrected chi connectivity index (χ3v) is 3.39. The summed E-state index contributed by atoms with van der Waals surface area (Å²) in [5, 5.41) is 3.36. The predicted octanol–water partition coefficient (Wildman–Crippen LogP) is 1.97. The molecule has 1 aliphatic rings. The Bertz CT molecular complexity index is 485. The van der Waals surface area contributed by atoms with Crippen LogP contribution in [0, 0.1) is 0 Å². The quantitative estimate of drug-likeness (QED) is 0.837. The van der Waals surface area contributed by atoms with Crippen LogP contribution < -0.4 is 11.1 Å². The van der Waals surface area contributed by atoms with Gasteiger partial charge in [-0.25, -0.2) is 0 Å². The molecule has 0 aromatic heterocycles. The Morgan fingerprint density at radius 1 is 1.45 bits per heavy atom. The van der Waals surface area contributed by atoms with E-state index in [0.717, 1.165) is 13.1 Å². The molecule has 3 N–H and O–H groups in total. The zero-order valence-electron chi connectivity index (χ0n) is 11.7. The lowest BCUT2D eigenvalue weighted by atomic mass is 10.2. The molecule has 2 atom stereocenters. The third-order valence-electron chi connectivity index (χ3n) is 3.15. The van der Waals surface area contributed by atoms with E-state index in [4.69, 9.17) is 22.1 Å². The van der Waals surface area contributed by atoms with Crippen LogP contribution in [0.3, 0.4) is 0 Å². The minimum atomic E-state index is -0.0830. The van der Waals surface area contributed by atoms with Crippen LogP contribution in [-0.4, -0.2) is 42.6 Å². The first-order chi connectivity index (χ1) is 9.44. The Balaban J connectivity index is 1.92. The molecule has 0 aliphatic carbocycles. The number of hydrogen-bond acceptors (Lipinski definition) is 4. The van der Waals surface area contributed by atoms with Gasteiger partial charge in [-0.15, -0.1) is 0 Å². The van der Waals surface area contributed by atoms with E-state index in [2.05, 4.69) is 10.2 Å². The molecule has 1 amide bonds. The van der Waals surface area contributed by atoms with Gasteiger partial charge in [-0.1, -0.05) is 11.6 Å². The van der Waals surface area contributed by atoms with Gasteiger partial charge in [0.15, 0.2) is 0 Å². The maximum absolute atomic E-state index is 12.0. The zero-order valence-corrected chi connectivity index (χ0v) is 12.5. The summed E-state index contributed by atoms with van der Waals surface area (Å²) >= 11 is 5.83. The number of halogens is 1. The van der Waals surface area contributed by atoms with E-state index >= 15 is 0 Å². The van der Waals surface area contributed by atoms with Gasteiger partial charge in [0.1, 0.15) is 0 Å². The number of carbonyl (C=O) groups is 1. The van der Waals surface area contributed by atoms with Gasteiger partial charge >= 0.3 is 0 Å². The smallest absolute Gasteiger partial charge is 0.238 e. The van der Waals surface area contributed by atoms with E-state index in [1.54, 1.807) is 18.2 Å².